The van der Waals surface area contributed by atoms with E-state index in [0.29, 0.717) is 12.3 Å². The first kappa shape index (κ1) is 7.80. The van der Waals surface area contributed by atoms with Crippen LogP contribution in [0.25, 0.3) is 0 Å². The molecule has 1 aliphatic rings. The maximum Gasteiger partial charge on any atom is 0.306 e. The van der Waals surface area contributed by atoms with E-state index in [1.54, 1.807) is 11.3 Å². The van der Waals surface area contributed by atoms with Crippen LogP contribution in [0.2, 0.25) is 0 Å². The summed E-state index contributed by atoms with van der Waals surface area (Å²) < 4.78 is 5.19. The highest BCUT2D eigenvalue weighted by atomic mass is 32.1. The number of hydrogen-bond donors (Lipinski definition) is 0. The maximum atomic E-state index is 10.9. The normalized spacial score (nSPS) is 28.9. The molecule has 3 heteroatoms. The van der Waals surface area contributed by atoms with E-state index in [9.17, 15) is 4.79 Å². The Morgan fingerprint density at radius 3 is 3.00 bits per heavy atom. The molecule has 64 valence electrons. The molecule has 1 aliphatic heterocycles. The van der Waals surface area contributed by atoms with Crippen molar-refractivity contribution in [2.24, 2.45) is 5.92 Å². The van der Waals surface area contributed by atoms with Gasteiger partial charge in [0.1, 0.15) is 6.10 Å². The van der Waals surface area contributed by atoms with Gasteiger partial charge in [-0.2, -0.15) is 0 Å². The van der Waals surface area contributed by atoms with Gasteiger partial charge < -0.3 is 4.74 Å². The summed E-state index contributed by atoms with van der Waals surface area (Å²) in [6, 6.07) is 4.00. The summed E-state index contributed by atoms with van der Waals surface area (Å²) in [7, 11) is 0. The monoisotopic (exact) mass is 182 g/mol. The number of thiophene rings is 1. The lowest BCUT2D eigenvalue weighted by atomic mass is 10.0. The molecule has 0 saturated carbocycles. The van der Waals surface area contributed by atoms with E-state index in [0.717, 1.165) is 4.88 Å². The minimum atomic E-state index is -0.0686. The highest BCUT2D eigenvalue weighted by Gasteiger charge is 2.32. The van der Waals surface area contributed by atoms with Crippen molar-refractivity contribution in [1.29, 1.82) is 0 Å². The van der Waals surface area contributed by atoms with Crippen LogP contribution in [0.1, 0.15) is 24.3 Å². The number of carbonyl (C=O) groups excluding carboxylic acids is 1. The molecule has 0 unspecified atom stereocenters. The first-order chi connectivity index (χ1) is 5.77. The van der Waals surface area contributed by atoms with Gasteiger partial charge in [-0.3, -0.25) is 4.79 Å². The Bertz CT molecular complexity index is 279. The van der Waals surface area contributed by atoms with Gasteiger partial charge in [-0.1, -0.05) is 13.0 Å². The first-order valence-electron chi connectivity index (χ1n) is 4.00. The quantitative estimate of drug-likeness (QED) is 0.623. The van der Waals surface area contributed by atoms with Crippen LogP contribution in [0.3, 0.4) is 0 Å². The molecule has 1 fully saturated rings. The molecule has 2 rings (SSSR count). The number of cyclic esters (lactones) is 1. The topological polar surface area (TPSA) is 26.3 Å². The van der Waals surface area contributed by atoms with Gasteiger partial charge in [0.25, 0.3) is 0 Å². The van der Waals surface area contributed by atoms with Crippen LogP contribution in [0, 0.1) is 5.92 Å². The van der Waals surface area contributed by atoms with Gasteiger partial charge in [0.05, 0.1) is 6.42 Å². The lowest BCUT2D eigenvalue weighted by molar-refractivity contribution is -0.141. The Morgan fingerprint density at radius 1 is 1.67 bits per heavy atom. The molecule has 1 aromatic rings. The molecule has 0 N–H and O–H groups in total. The summed E-state index contributed by atoms with van der Waals surface area (Å²) >= 11 is 1.65. The molecular formula is C9H10O2S. The fraction of sp³-hybridized carbons (Fsp3) is 0.444. The fourth-order valence-electron chi connectivity index (χ4n) is 1.47. The molecule has 0 radical (unpaired) electrons. The zero-order chi connectivity index (χ0) is 8.55. The molecule has 2 atom stereocenters. The molecule has 1 aromatic heterocycles. The van der Waals surface area contributed by atoms with Crippen LogP contribution in [-0.2, 0) is 9.53 Å². The third-order valence-corrected chi connectivity index (χ3v) is 3.02. The standard InChI is InChI=1S/C9H10O2S/c1-6-5-8(10)11-9(6)7-3-2-4-12-7/h2-4,6,9H,5H2,1H3/t6-,9+/m1/s1. The lowest BCUT2D eigenvalue weighted by Gasteiger charge is -2.10. The molecule has 2 nitrogen and oxygen atoms in total. The number of hydrogen-bond acceptors (Lipinski definition) is 3. The largest absolute Gasteiger partial charge is 0.456 e. The highest BCUT2D eigenvalue weighted by Crippen LogP contribution is 2.36. The van der Waals surface area contributed by atoms with Crippen LogP contribution in [0.15, 0.2) is 17.5 Å². The minimum Gasteiger partial charge on any atom is -0.456 e. The van der Waals surface area contributed by atoms with E-state index in [2.05, 4.69) is 6.92 Å². The molecule has 0 bridgehead atoms. The Hall–Kier alpha value is -0.830. The number of esters is 1. The summed E-state index contributed by atoms with van der Waals surface area (Å²) in [6.45, 7) is 2.05. The predicted molar refractivity (Wildman–Crippen MR) is 46.9 cm³/mol. The average molecular weight is 182 g/mol. The fourth-order valence-corrected chi connectivity index (χ4v) is 2.35. The van der Waals surface area contributed by atoms with Crippen molar-refractivity contribution in [1.82, 2.24) is 0 Å². The third kappa shape index (κ3) is 1.25. The van der Waals surface area contributed by atoms with Gasteiger partial charge in [0, 0.05) is 10.8 Å². The zero-order valence-corrected chi connectivity index (χ0v) is 7.64. The summed E-state index contributed by atoms with van der Waals surface area (Å²) in [6.07, 6.45) is 0.570. The van der Waals surface area contributed by atoms with E-state index in [1.807, 2.05) is 17.5 Å². The van der Waals surface area contributed by atoms with Crippen molar-refractivity contribution in [3.05, 3.63) is 22.4 Å². The summed E-state index contributed by atoms with van der Waals surface area (Å²) in [5, 5.41) is 2.01. The second-order valence-corrected chi connectivity index (χ2v) is 4.09. The van der Waals surface area contributed by atoms with Gasteiger partial charge >= 0.3 is 5.97 Å². The predicted octanol–water partition coefficient (Wildman–Crippen LogP) is 2.37. The van der Waals surface area contributed by atoms with Crippen LogP contribution in [-0.4, -0.2) is 5.97 Å². The van der Waals surface area contributed by atoms with Crippen LogP contribution in [0.4, 0.5) is 0 Å². The molecule has 1 saturated heterocycles. The SMILES string of the molecule is C[C@@H]1CC(=O)O[C@@H]1c1cccs1. The van der Waals surface area contributed by atoms with Gasteiger partial charge in [-0.25, -0.2) is 0 Å². The Kier molecular flexibility index (Phi) is 1.89. The van der Waals surface area contributed by atoms with Crippen LogP contribution >= 0.6 is 11.3 Å². The average Bonchev–Trinajstić information content (AvgIpc) is 2.58. The van der Waals surface area contributed by atoms with Crippen molar-refractivity contribution < 1.29 is 9.53 Å². The Morgan fingerprint density at radius 2 is 2.50 bits per heavy atom. The zero-order valence-electron chi connectivity index (χ0n) is 6.82. The molecular weight excluding hydrogens is 172 g/mol. The van der Waals surface area contributed by atoms with E-state index in [4.69, 9.17) is 4.74 Å². The smallest absolute Gasteiger partial charge is 0.306 e. The molecule has 2 heterocycles. The van der Waals surface area contributed by atoms with Crippen molar-refractivity contribution in [2.45, 2.75) is 19.4 Å². The van der Waals surface area contributed by atoms with E-state index >= 15 is 0 Å². The van der Waals surface area contributed by atoms with Gasteiger partial charge in [-0.05, 0) is 11.4 Å². The third-order valence-electron chi connectivity index (χ3n) is 2.09. The maximum absolute atomic E-state index is 10.9. The summed E-state index contributed by atoms with van der Waals surface area (Å²) in [5.41, 5.74) is 0. The molecule has 12 heavy (non-hydrogen) atoms. The number of carbonyl (C=O) groups is 1. The minimum absolute atomic E-state index is 0.0116. The molecule has 0 aromatic carbocycles. The number of rotatable bonds is 1. The number of ether oxygens (including phenoxy) is 1. The van der Waals surface area contributed by atoms with Crippen molar-refractivity contribution >= 4 is 17.3 Å². The summed E-state index contributed by atoms with van der Waals surface area (Å²) in [5.74, 6) is 0.261. The van der Waals surface area contributed by atoms with Crippen molar-refractivity contribution in [3.63, 3.8) is 0 Å². The Balaban J connectivity index is 2.20. The van der Waals surface area contributed by atoms with Gasteiger partial charge in [0.15, 0.2) is 0 Å². The van der Waals surface area contributed by atoms with E-state index in [-0.39, 0.29) is 12.1 Å². The molecule has 0 aliphatic carbocycles. The van der Waals surface area contributed by atoms with Crippen molar-refractivity contribution in [2.75, 3.05) is 0 Å². The van der Waals surface area contributed by atoms with Crippen LogP contribution in [0.5, 0.6) is 0 Å². The molecule has 0 spiro atoms. The molecule has 0 amide bonds. The van der Waals surface area contributed by atoms with Crippen molar-refractivity contribution in [3.8, 4) is 0 Å². The van der Waals surface area contributed by atoms with E-state index in [1.165, 1.54) is 0 Å². The Labute approximate surface area is 75.2 Å². The summed E-state index contributed by atoms with van der Waals surface area (Å²) in [4.78, 5) is 12.1. The van der Waals surface area contributed by atoms with Gasteiger partial charge in [0.2, 0.25) is 0 Å². The van der Waals surface area contributed by atoms with Crippen LogP contribution < -0.4 is 0 Å². The van der Waals surface area contributed by atoms with E-state index < -0.39 is 0 Å². The van der Waals surface area contributed by atoms with Gasteiger partial charge in [-0.15, -0.1) is 11.3 Å². The highest BCUT2D eigenvalue weighted by molar-refractivity contribution is 7.10. The second-order valence-electron chi connectivity index (χ2n) is 3.11. The second kappa shape index (κ2) is 2.90. The first-order valence-corrected chi connectivity index (χ1v) is 4.88. The lowest BCUT2D eigenvalue weighted by Crippen LogP contribution is -2.01.